The van der Waals surface area contributed by atoms with Gasteiger partial charge in [-0.1, -0.05) is 6.07 Å². The molecule has 0 unspecified atom stereocenters. The average molecular weight is 259 g/mol. The summed E-state index contributed by atoms with van der Waals surface area (Å²) in [5.74, 6) is -0.0277. The van der Waals surface area contributed by atoms with Crippen LogP contribution in [0.3, 0.4) is 0 Å². The Balaban J connectivity index is 2.21. The highest BCUT2D eigenvalue weighted by Crippen LogP contribution is 2.22. The normalized spacial score (nSPS) is 10.4. The van der Waals surface area contributed by atoms with Crippen LogP contribution < -0.4 is 5.32 Å². The minimum absolute atomic E-state index is 0.0277. The summed E-state index contributed by atoms with van der Waals surface area (Å²) >= 11 is 1.61. The molecular formula is C15H17NOS. The van der Waals surface area contributed by atoms with Crippen molar-refractivity contribution < 1.29 is 4.79 Å². The zero-order valence-corrected chi connectivity index (χ0v) is 11.9. The van der Waals surface area contributed by atoms with E-state index in [1.807, 2.05) is 44.4 Å². The predicted octanol–water partition coefficient (Wildman–Crippen LogP) is 4.23. The van der Waals surface area contributed by atoms with Crippen LogP contribution in [0.4, 0.5) is 5.69 Å². The molecule has 0 spiro atoms. The number of carbonyl (C=O) groups excluding carboxylic acids is 1. The van der Waals surface area contributed by atoms with Crippen LogP contribution in [0.25, 0.3) is 0 Å². The summed E-state index contributed by atoms with van der Waals surface area (Å²) in [5.41, 5.74) is 5.12. The van der Waals surface area contributed by atoms with Gasteiger partial charge in [0.25, 0.3) is 5.91 Å². The highest BCUT2D eigenvalue weighted by molar-refractivity contribution is 7.10. The molecule has 1 amide bonds. The molecule has 1 heterocycles. The lowest BCUT2D eigenvalue weighted by atomic mass is 10.1. The maximum Gasteiger partial charge on any atom is 0.256 e. The van der Waals surface area contributed by atoms with E-state index in [-0.39, 0.29) is 5.91 Å². The molecule has 0 atom stereocenters. The van der Waals surface area contributed by atoms with E-state index in [0.29, 0.717) is 0 Å². The fraction of sp³-hybridized carbons (Fsp3) is 0.267. The average Bonchev–Trinajstić information content (AvgIpc) is 2.65. The lowest BCUT2D eigenvalue weighted by Crippen LogP contribution is -2.12. The van der Waals surface area contributed by atoms with Crippen LogP contribution in [0.1, 0.15) is 31.9 Å². The van der Waals surface area contributed by atoms with Crippen molar-refractivity contribution in [3.8, 4) is 0 Å². The third-order valence-electron chi connectivity index (χ3n) is 3.30. The van der Waals surface area contributed by atoms with Crippen molar-refractivity contribution in [3.05, 3.63) is 50.7 Å². The second kappa shape index (κ2) is 4.94. The van der Waals surface area contributed by atoms with Crippen molar-refractivity contribution in [2.24, 2.45) is 0 Å². The number of benzene rings is 1. The molecule has 1 aromatic carbocycles. The van der Waals surface area contributed by atoms with Gasteiger partial charge in [-0.2, -0.15) is 0 Å². The van der Waals surface area contributed by atoms with Gasteiger partial charge >= 0.3 is 0 Å². The molecule has 0 fully saturated rings. The molecule has 0 aliphatic rings. The summed E-state index contributed by atoms with van der Waals surface area (Å²) < 4.78 is 0. The molecule has 2 aromatic rings. The van der Waals surface area contributed by atoms with Gasteiger partial charge in [0.15, 0.2) is 0 Å². The standard InChI is InChI=1S/C15H17NOS/c1-9-5-6-13(7-10(9)2)16-15(17)14-8-18-12(4)11(14)3/h5-8H,1-4H3,(H,16,17). The highest BCUT2D eigenvalue weighted by atomic mass is 32.1. The SMILES string of the molecule is Cc1ccc(NC(=O)c2csc(C)c2C)cc1C. The van der Waals surface area contributed by atoms with E-state index >= 15 is 0 Å². The van der Waals surface area contributed by atoms with Crippen LogP contribution in [-0.2, 0) is 0 Å². The number of hydrogen-bond donors (Lipinski definition) is 1. The number of nitrogens with one attached hydrogen (secondary N) is 1. The first kappa shape index (κ1) is 12.8. The lowest BCUT2D eigenvalue weighted by molar-refractivity contribution is 0.102. The number of carbonyl (C=O) groups is 1. The monoisotopic (exact) mass is 259 g/mol. The second-order valence-corrected chi connectivity index (χ2v) is 5.67. The van der Waals surface area contributed by atoms with Crippen LogP contribution in [-0.4, -0.2) is 5.91 Å². The van der Waals surface area contributed by atoms with E-state index in [0.717, 1.165) is 16.8 Å². The smallest absolute Gasteiger partial charge is 0.256 e. The number of hydrogen-bond acceptors (Lipinski definition) is 2. The van der Waals surface area contributed by atoms with Crippen LogP contribution in [0.15, 0.2) is 23.6 Å². The number of rotatable bonds is 2. The Morgan fingerprint density at radius 1 is 1.11 bits per heavy atom. The molecule has 1 N–H and O–H groups in total. The lowest BCUT2D eigenvalue weighted by Gasteiger charge is -2.07. The van der Waals surface area contributed by atoms with Crippen molar-refractivity contribution in [1.29, 1.82) is 0 Å². The van der Waals surface area contributed by atoms with Crippen molar-refractivity contribution in [1.82, 2.24) is 0 Å². The van der Waals surface area contributed by atoms with Crippen LogP contribution >= 0.6 is 11.3 Å². The summed E-state index contributed by atoms with van der Waals surface area (Å²) in [5, 5.41) is 4.87. The maximum absolute atomic E-state index is 12.1. The Morgan fingerprint density at radius 3 is 2.39 bits per heavy atom. The van der Waals surface area contributed by atoms with Gasteiger partial charge in [0.1, 0.15) is 0 Å². The summed E-state index contributed by atoms with van der Waals surface area (Å²) in [6.45, 7) is 8.13. The minimum Gasteiger partial charge on any atom is -0.322 e. The Labute approximate surface area is 112 Å². The van der Waals surface area contributed by atoms with Gasteiger partial charge in [-0.15, -0.1) is 11.3 Å². The largest absolute Gasteiger partial charge is 0.322 e. The van der Waals surface area contributed by atoms with E-state index in [9.17, 15) is 4.79 Å². The van der Waals surface area contributed by atoms with Gasteiger partial charge in [-0.25, -0.2) is 0 Å². The van der Waals surface area contributed by atoms with Gasteiger partial charge in [0, 0.05) is 15.9 Å². The van der Waals surface area contributed by atoms with Crippen molar-refractivity contribution in [2.45, 2.75) is 27.7 Å². The quantitative estimate of drug-likeness (QED) is 0.859. The van der Waals surface area contributed by atoms with Gasteiger partial charge in [0.05, 0.1) is 5.56 Å². The van der Waals surface area contributed by atoms with Gasteiger partial charge < -0.3 is 5.32 Å². The predicted molar refractivity (Wildman–Crippen MR) is 77.7 cm³/mol. The van der Waals surface area contributed by atoms with E-state index in [4.69, 9.17) is 0 Å². The van der Waals surface area contributed by atoms with E-state index in [1.165, 1.54) is 16.0 Å². The maximum atomic E-state index is 12.1. The van der Waals surface area contributed by atoms with Crippen LogP contribution in [0.2, 0.25) is 0 Å². The zero-order valence-electron chi connectivity index (χ0n) is 11.1. The van der Waals surface area contributed by atoms with Crippen LogP contribution in [0.5, 0.6) is 0 Å². The Kier molecular flexibility index (Phi) is 3.53. The van der Waals surface area contributed by atoms with Crippen molar-refractivity contribution in [3.63, 3.8) is 0 Å². The number of anilines is 1. The third-order valence-corrected chi connectivity index (χ3v) is 4.31. The fourth-order valence-electron chi connectivity index (χ4n) is 1.76. The second-order valence-electron chi connectivity index (χ2n) is 4.58. The number of thiophene rings is 1. The summed E-state index contributed by atoms with van der Waals surface area (Å²) in [6, 6.07) is 5.97. The van der Waals surface area contributed by atoms with Crippen molar-refractivity contribution in [2.75, 3.05) is 5.32 Å². The summed E-state index contributed by atoms with van der Waals surface area (Å²) in [6.07, 6.45) is 0. The molecule has 0 radical (unpaired) electrons. The summed E-state index contributed by atoms with van der Waals surface area (Å²) in [4.78, 5) is 13.3. The van der Waals surface area contributed by atoms with Gasteiger partial charge in [-0.05, 0) is 56.5 Å². The summed E-state index contributed by atoms with van der Waals surface area (Å²) in [7, 11) is 0. The number of amides is 1. The topological polar surface area (TPSA) is 29.1 Å². The molecule has 1 aromatic heterocycles. The van der Waals surface area contributed by atoms with Crippen LogP contribution in [0, 0.1) is 27.7 Å². The Bertz CT molecular complexity index is 599. The Hall–Kier alpha value is -1.61. The highest BCUT2D eigenvalue weighted by Gasteiger charge is 2.12. The first-order valence-corrected chi connectivity index (χ1v) is 6.80. The molecule has 0 saturated heterocycles. The third kappa shape index (κ3) is 2.46. The molecule has 0 bridgehead atoms. The fourth-order valence-corrected chi connectivity index (χ4v) is 2.62. The molecular weight excluding hydrogens is 242 g/mol. The molecule has 2 nitrogen and oxygen atoms in total. The molecule has 94 valence electrons. The minimum atomic E-state index is -0.0277. The first-order valence-electron chi connectivity index (χ1n) is 5.92. The molecule has 0 aliphatic heterocycles. The zero-order chi connectivity index (χ0) is 13.3. The van der Waals surface area contributed by atoms with Gasteiger partial charge in [0.2, 0.25) is 0 Å². The first-order chi connectivity index (χ1) is 8.49. The van der Waals surface area contributed by atoms with E-state index in [1.54, 1.807) is 11.3 Å². The number of aryl methyl sites for hydroxylation is 3. The van der Waals surface area contributed by atoms with E-state index < -0.39 is 0 Å². The molecule has 3 heteroatoms. The Morgan fingerprint density at radius 2 is 1.83 bits per heavy atom. The molecule has 18 heavy (non-hydrogen) atoms. The molecule has 2 rings (SSSR count). The van der Waals surface area contributed by atoms with Crippen molar-refractivity contribution >= 4 is 22.9 Å². The molecule has 0 aliphatic carbocycles. The molecule has 0 saturated carbocycles. The van der Waals surface area contributed by atoms with E-state index in [2.05, 4.69) is 12.2 Å². The van der Waals surface area contributed by atoms with Gasteiger partial charge in [-0.3, -0.25) is 4.79 Å².